The number of carbonyl (C=O) groups excluding carboxylic acids is 1. The highest BCUT2D eigenvalue weighted by Gasteiger charge is 2.34. The number of aliphatic hydroxyl groups is 1. The van der Waals surface area contributed by atoms with E-state index in [1.165, 1.54) is 0 Å². The summed E-state index contributed by atoms with van der Waals surface area (Å²) in [6.07, 6.45) is 7.83. The second-order valence-electron chi connectivity index (χ2n) is 6.33. The molecule has 4 nitrogen and oxygen atoms in total. The standard InChI is InChI=1S/C15H28N2O2/c1-17(13-7-2-3-8-14(13)18)15(19)12-6-4-5-11(9-12)10-16/h11-14,18H,2-10,16H2,1H3. The molecule has 2 aliphatic carbocycles. The van der Waals surface area contributed by atoms with Gasteiger partial charge in [0.2, 0.25) is 5.91 Å². The van der Waals surface area contributed by atoms with Crippen LogP contribution in [0.2, 0.25) is 0 Å². The quantitative estimate of drug-likeness (QED) is 0.815. The highest BCUT2D eigenvalue weighted by Crippen LogP contribution is 2.31. The van der Waals surface area contributed by atoms with Crippen LogP contribution in [0.1, 0.15) is 51.4 Å². The molecule has 0 spiro atoms. The fourth-order valence-corrected chi connectivity index (χ4v) is 3.72. The third kappa shape index (κ3) is 3.48. The van der Waals surface area contributed by atoms with Crippen molar-refractivity contribution in [1.29, 1.82) is 0 Å². The molecule has 110 valence electrons. The van der Waals surface area contributed by atoms with Crippen molar-refractivity contribution < 1.29 is 9.90 Å². The van der Waals surface area contributed by atoms with Crippen molar-refractivity contribution in [3.8, 4) is 0 Å². The van der Waals surface area contributed by atoms with Gasteiger partial charge in [-0.05, 0) is 44.6 Å². The molecule has 3 N–H and O–H groups in total. The molecule has 0 saturated heterocycles. The van der Waals surface area contributed by atoms with Crippen molar-refractivity contribution in [2.24, 2.45) is 17.6 Å². The highest BCUT2D eigenvalue weighted by atomic mass is 16.3. The first-order chi connectivity index (χ1) is 9.13. The average Bonchev–Trinajstić information content (AvgIpc) is 2.46. The molecule has 2 aliphatic rings. The zero-order valence-electron chi connectivity index (χ0n) is 12.1. The summed E-state index contributed by atoms with van der Waals surface area (Å²) < 4.78 is 0. The topological polar surface area (TPSA) is 66.6 Å². The third-order valence-electron chi connectivity index (χ3n) is 5.00. The molecule has 0 heterocycles. The molecular formula is C15H28N2O2. The number of nitrogens with zero attached hydrogens (tertiary/aromatic N) is 1. The Bertz CT molecular complexity index is 309. The van der Waals surface area contributed by atoms with Crippen molar-refractivity contribution in [2.75, 3.05) is 13.6 Å². The predicted octanol–water partition coefficient (Wildman–Crippen LogP) is 1.51. The van der Waals surface area contributed by atoms with Gasteiger partial charge < -0.3 is 15.7 Å². The second kappa shape index (κ2) is 6.71. The van der Waals surface area contributed by atoms with Crippen LogP contribution in [0, 0.1) is 11.8 Å². The third-order valence-corrected chi connectivity index (χ3v) is 5.00. The van der Waals surface area contributed by atoms with Gasteiger partial charge in [0.15, 0.2) is 0 Å². The smallest absolute Gasteiger partial charge is 0.225 e. The largest absolute Gasteiger partial charge is 0.391 e. The van der Waals surface area contributed by atoms with E-state index in [0.717, 1.165) is 51.4 Å². The van der Waals surface area contributed by atoms with E-state index in [-0.39, 0.29) is 24.0 Å². The zero-order valence-corrected chi connectivity index (χ0v) is 12.1. The Labute approximate surface area is 116 Å². The molecule has 2 saturated carbocycles. The van der Waals surface area contributed by atoms with Crippen molar-refractivity contribution in [1.82, 2.24) is 4.90 Å². The minimum absolute atomic E-state index is 0.0273. The van der Waals surface area contributed by atoms with Crippen LogP contribution in [0.5, 0.6) is 0 Å². The van der Waals surface area contributed by atoms with E-state index in [1.807, 2.05) is 11.9 Å². The molecule has 0 aromatic heterocycles. The predicted molar refractivity (Wildman–Crippen MR) is 75.5 cm³/mol. The molecule has 4 heteroatoms. The molecule has 0 radical (unpaired) electrons. The van der Waals surface area contributed by atoms with Crippen LogP contribution < -0.4 is 5.73 Å². The highest BCUT2D eigenvalue weighted by molar-refractivity contribution is 5.79. The average molecular weight is 268 g/mol. The maximum Gasteiger partial charge on any atom is 0.225 e. The lowest BCUT2D eigenvalue weighted by Gasteiger charge is -2.38. The Morgan fingerprint density at radius 2 is 1.95 bits per heavy atom. The number of rotatable bonds is 3. The Morgan fingerprint density at radius 1 is 1.21 bits per heavy atom. The summed E-state index contributed by atoms with van der Waals surface area (Å²) >= 11 is 0. The SMILES string of the molecule is CN(C(=O)C1CCCC(CN)C1)C1CCCCC1O. The van der Waals surface area contributed by atoms with Crippen LogP contribution in [0.25, 0.3) is 0 Å². The van der Waals surface area contributed by atoms with Crippen molar-refractivity contribution >= 4 is 5.91 Å². The zero-order chi connectivity index (χ0) is 13.8. The van der Waals surface area contributed by atoms with Gasteiger partial charge in [-0.15, -0.1) is 0 Å². The summed E-state index contributed by atoms with van der Waals surface area (Å²) in [7, 11) is 1.87. The van der Waals surface area contributed by atoms with Crippen molar-refractivity contribution in [2.45, 2.75) is 63.5 Å². The van der Waals surface area contributed by atoms with Crippen molar-refractivity contribution in [3.63, 3.8) is 0 Å². The van der Waals surface area contributed by atoms with Crippen LogP contribution in [0.3, 0.4) is 0 Å². The first kappa shape index (κ1) is 14.8. The van der Waals surface area contributed by atoms with E-state index in [4.69, 9.17) is 5.73 Å². The van der Waals surface area contributed by atoms with Crippen LogP contribution in [-0.2, 0) is 4.79 Å². The van der Waals surface area contributed by atoms with Gasteiger partial charge in [0.1, 0.15) is 0 Å². The van der Waals surface area contributed by atoms with Gasteiger partial charge in [0.05, 0.1) is 12.1 Å². The summed E-state index contributed by atoms with van der Waals surface area (Å²) in [6, 6.07) is 0.0273. The lowest BCUT2D eigenvalue weighted by atomic mass is 9.80. The van der Waals surface area contributed by atoms with E-state index in [2.05, 4.69) is 0 Å². The second-order valence-corrected chi connectivity index (χ2v) is 6.33. The Morgan fingerprint density at radius 3 is 2.63 bits per heavy atom. The summed E-state index contributed by atoms with van der Waals surface area (Å²) in [4.78, 5) is 14.4. The fraction of sp³-hybridized carbons (Fsp3) is 0.933. The Kier molecular flexibility index (Phi) is 5.22. The lowest BCUT2D eigenvalue weighted by molar-refractivity contribution is -0.141. The summed E-state index contributed by atoms with van der Waals surface area (Å²) in [5.74, 6) is 0.859. The van der Waals surface area contributed by atoms with Crippen LogP contribution in [0.15, 0.2) is 0 Å². The molecule has 0 aromatic rings. The maximum absolute atomic E-state index is 12.6. The Balaban J connectivity index is 1.94. The van der Waals surface area contributed by atoms with E-state index in [1.54, 1.807) is 0 Å². The molecule has 19 heavy (non-hydrogen) atoms. The van der Waals surface area contributed by atoms with Crippen molar-refractivity contribution in [3.05, 3.63) is 0 Å². The molecule has 2 fully saturated rings. The maximum atomic E-state index is 12.6. The normalized spacial score (nSPS) is 35.9. The van der Waals surface area contributed by atoms with Gasteiger partial charge in [-0.1, -0.05) is 19.3 Å². The number of amides is 1. The van der Waals surface area contributed by atoms with E-state index < -0.39 is 0 Å². The fourth-order valence-electron chi connectivity index (χ4n) is 3.72. The minimum Gasteiger partial charge on any atom is -0.391 e. The summed E-state index contributed by atoms with van der Waals surface area (Å²) in [6.45, 7) is 0.694. The Hall–Kier alpha value is -0.610. The van der Waals surface area contributed by atoms with Gasteiger partial charge in [-0.2, -0.15) is 0 Å². The van der Waals surface area contributed by atoms with Gasteiger partial charge in [0.25, 0.3) is 0 Å². The number of carbonyl (C=O) groups is 1. The van der Waals surface area contributed by atoms with Crippen LogP contribution >= 0.6 is 0 Å². The molecule has 2 rings (SSSR count). The number of likely N-dealkylation sites (N-methyl/N-ethyl adjacent to an activating group) is 1. The van der Waals surface area contributed by atoms with Gasteiger partial charge in [-0.3, -0.25) is 4.79 Å². The number of nitrogens with two attached hydrogens (primary N) is 1. The van der Waals surface area contributed by atoms with Gasteiger partial charge >= 0.3 is 0 Å². The summed E-state index contributed by atoms with van der Waals surface area (Å²) in [5, 5.41) is 10.1. The molecule has 0 aliphatic heterocycles. The minimum atomic E-state index is -0.336. The first-order valence-electron chi connectivity index (χ1n) is 7.78. The van der Waals surface area contributed by atoms with Gasteiger partial charge in [-0.25, -0.2) is 0 Å². The van der Waals surface area contributed by atoms with E-state index >= 15 is 0 Å². The van der Waals surface area contributed by atoms with Crippen LogP contribution in [0.4, 0.5) is 0 Å². The van der Waals surface area contributed by atoms with Crippen LogP contribution in [-0.4, -0.2) is 41.7 Å². The lowest BCUT2D eigenvalue weighted by Crippen LogP contribution is -2.49. The number of hydrogen-bond acceptors (Lipinski definition) is 3. The molecule has 0 bridgehead atoms. The molecule has 0 aromatic carbocycles. The van der Waals surface area contributed by atoms with Gasteiger partial charge in [0, 0.05) is 13.0 Å². The molecule has 4 atom stereocenters. The molecule has 4 unspecified atom stereocenters. The van der Waals surface area contributed by atoms with E-state index in [9.17, 15) is 9.90 Å². The molecule has 1 amide bonds. The number of aliphatic hydroxyl groups excluding tert-OH is 1. The summed E-state index contributed by atoms with van der Waals surface area (Å²) in [5.41, 5.74) is 5.74. The monoisotopic (exact) mass is 268 g/mol. The first-order valence-corrected chi connectivity index (χ1v) is 7.78. The van der Waals surface area contributed by atoms with E-state index in [0.29, 0.717) is 12.5 Å². The molecular weight excluding hydrogens is 240 g/mol. The number of hydrogen-bond donors (Lipinski definition) is 2.